The van der Waals surface area contributed by atoms with Crippen LogP contribution in [0, 0.1) is 6.92 Å². The molecule has 0 saturated carbocycles. The molecule has 0 radical (unpaired) electrons. The van der Waals surface area contributed by atoms with Gasteiger partial charge in [-0.2, -0.15) is 0 Å². The molecule has 0 aliphatic heterocycles. The molecule has 0 N–H and O–H groups in total. The lowest BCUT2D eigenvalue weighted by Gasteiger charge is -2.18. The highest BCUT2D eigenvalue weighted by atomic mass is 31.1. The Morgan fingerprint density at radius 3 is 2.75 bits per heavy atom. The van der Waals surface area contributed by atoms with Crippen LogP contribution >= 0.6 is 8.20 Å². The summed E-state index contributed by atoms with van der Waals surface area (Å²) >= 11 is 0. The second kappa shape index (κ2) is 6.90. The zero-order valence-electron chi connectivity index (χ0n) is 12.7. The quantitative estimate of drug-likeness (QED) is 0.714. The zero-order valence-corrected chi connectivity index (χ0v) is 13.6. The number of methoxy groups -OCH3 is 1. The summed E-state index contributed by atoms with van der Waals surface area (Å²) in [6.07, 6.45) is 7.44. The monoisotopic (exact) mass is 286 g/mol. The molecule has 1 nitrogen and oxygen atoms in total. The van der Waals surface area contributed by atoms with E-state index in [1.807, 2.05) is 6.92 Å². The lowest BCUT2D eigenvalue weighted by molar-refractivity contribution is 0.412. The Kier molecular flexibility index (Phi) is 5.20. The van der Waals surface area contributed by atoms with E-state index in [4.69, 9.17) is 4.74 Å². The fourth-order valence-corrected chi connectivity index (χ4v) is 3.60. The molecule has 106 valence electrons. The number of ether oxygens (including phenoxy) is 1. The minimum atomic E-state index is 0.975. The van der Waals surface area contributed by atoms with Crippen LogP contribution in [0.25, 0.3) is 5.57 Å². The van der Waals surface area contributed by atoms with Crippen LogP contribution in [0.15, 0.2) is 30.4 Å². The van der Waals surface area contributed by atoms with E-state index in [9.17, 15) is 0 Å². The first-order valence-electron chi connectivity index (χ1n) is 7.20. The molecule has 0 aromatic heterocycles. The summed E-state index contributed by atoms with van der Waals surface area (Å²) < 4.78 is 5.47. The Labute approximate surface area is 124 Å². The predicted molar refractivity (Wildman–Crippen MR) is 91.6 cm³/mol. The molecule has 1 aromatic carbocycles. The summed E-state index contributed by atoms with van der Waals surface area (Å²) in [5.74, 6) is 3.15. The fourth-order valence-electron chi connectivity index (χ4n) is 2.59. The van der Waals surface area contributed by atoms with Crippen molar-refractivity contribution in [3.8, 4) is 5.75 Å². The molecule has 1 aromatic rings. The number of rotatable bonds is 4. The second-order valence-corrected chi connectivity index (χ2v) is 6.33. The van der Waals surface area contributed by atoms with Crippen LogP contribution in [0.4, 0.5) is 0 Å². The van der Waals surface area contributed by atoms with Crippen molar-refractivity contribution in [3.05, 3.63) is 41.5 Å². The van der Waals surface area contributed by atoms with Crippen molar-refractivity contribution in [1.82, 2.24) is 0 Å². The van der Waals surface area contributed by atoms with Crippen molar-refractivity contribution < 1.29 is 4.74 Å². The maximum Gasteiger partial charge on any atom is 0.122 e. The van der Waals surface area contributed by atoms with Gasteiger partial charge in [0.2, 0.25) is 0 Å². The highest BCUT2D eigenvalue weighted by molar-refractivity contribution is 7.48. The first kappa shape index (κ1) is 15.1. The first-order chi connectivity index (χ1) is 9.63. The van der Waals surface area contributed by atoms with Gasteiger partial charge >= 0.3 is 0 Å². The Hall–Kier alpha value is -1.33. The van der Waals surface area contributed by atoms with E-state index >= 15 is 0 Å². The Balaban J connectivity index is 2.52. The van der Waals surface area contributed by atoms with E-state index in [2.05, 4.69) is 37.5 Å². The van der Waals surface area contributed by atoms with Gasteiger partial charge in [-0.1, -0.05) is 32.5 Å². The van der Waals surface area contributed by atoms with Crippen LogP contribution in [0.1, 0.15) is 43.7 Å². The van der Waals surface area contributed by atoms with Gasteiger partial charge < -0.3 is 4.74 Å². The SMILES string of the molecule is C=C(C)/C=P\c1c(C2=CCCCC2)ccc(OC)c1C. The number of benzene rings is 1. The standard InChI is InChI=1S/C18H23OP/c1-13(2)12-20-18-14(3)17(19-4)11-10-16(18)15-8-6-5-7-9-15/h8,10-12H,1,5-7,9H2,2-4H3. The largest absolute Gasteiger partial charge is 0.496 e. The van der Waals surface area contributed by atoms with Crippen LogP contribution in [0.3, 0.4) is 0 Å². The van der Waals surface area contributed by atoms with E-state index in [1.165, 1.54) is 55.9 Å². The highest BCUT2D eigenvalue weighted by Crippen LogP contribution is 2.30. The van der Waals surface area contributed by atoms with Crippen molar-refractivity contribution in [2.75, 3.05) is 7.11 Å². The summed E-state index contributed by atoms with van der Waals surface area (Å²) in [6, 6.07) is 4.32. The highest BCUT2D eigenvalue weighted by Gasteiger charge is 2.14. The molecule has 2 rings (SSSR count). The van der Waals surface area contributed by atoms with Gasteiger partial charge in [-0.15, -0.1) is 0 Å². The van der Waals surface area contributed by atoms with Gasteiger partial charge in [-0.05, 0) is 62.5 Å². The molecule has 0 saturated heterocycles. The molecule has 0 heterocycles. The van der Waals surface area contributed by atoms with Crippen molar-refractivity contribution in [2.45, 2.75) is 39.5 Å². The van der Waals surface area contributed by atoms with Crippen molar-refractivity contribution >= 4 is 24.9 Å². The molecule has 0 spiro atoms. The minimum Gasteiger partial charge on any atom is -0.496 e. The van der Waals surface area contributed by atoms with Gasteiger partial charge in [0.15, 0.2) is 0 Å². The second-order valence-electron chi connectivity index (χ2n) is 5.37. The normalized spacial score (nSPS) is 15.2. The third-order valence-electron chi connectivity index (χ3n) is 3.65. The minimum absolute atomic E-state index is 0.975. The van der Waals surface area contributed by atoms with Gasteiger partial charge in [0.05, 0.1) is 7.11 Å². The molecule has 0 unspecified atom stereocenters. The number of hydrogen-bond donors (Lipinski definition) is 0. The fraction of sp³-hybridized carbons (Fsp3) is 0.389. The Bertz CT molecular complexity index is 567. The van der Waals surface area contributed by atoms with Crippen LogP contribution in [-0.4, -0.2) is 12.9 Å². The van der Waals surface area contributed by atoms with Crippen LogP contribution in [-0.2, 0) is 0 Å². The molecule has 20 heavy (non-hydrogen) atoms. The van der Waals surface area contributed by atoms with Gasteiger partial charge in [0.1, 0.15) is 5.75 Å². The predicted octanol–water partition coefficient (Wildman–Crippen LogP) is 4.91. The maximum absolute atomic E-state index is 5.47. The van der Waals surface area contributed by atoms with Gasteiger partial charge in [-0.25, -0.2) is 0 Å². The van der Waals surface area contributed by atoms with Crippen LogP contribution in [0.5, 0.6) is 5.75 Å². The number of allylic oxidation sites excluding steroid dienone is 3. The van der Waals surface area contributed by atoms with Crippen LogP contribution < -0.4 is 10.0 Å². The first-order valence-corrected chi connectivity index (χ1v) is 8.16. The molecule has 0 amide bonds. The third kappa shape index (κ3) is 3.41. The summed E-state index contributed by atoms with van der Waals surface area (Å²) in [5.41, 5.74) is 5.25. The lowest BCUT2D eigenvalue weighted by atomic mass is 9.92. The average Bonchev–Trinajstić information content (AvgIpc) is 2.46. The van der Waals surface area contributed by atoms with E-state index in [0.717, 1.165) is 11.3 Å². The van der Waals surface area contributed by atoms with Crippen molar-refractivity contribution in [1.29, 1.82) is 0 Å². The van der Waals surface area contributed by atoms with E-state index in [1.54, 1.807) is 7.11 Å². The third-order valence-corrected chi connectivity index (χ3v) is 5.06. The molecular formula is C18H23OP. The van der Waals surface area contributed by atoms with Gasteiger partial charge in [0.25, 0.3) is 0 Å². The Morgan fingerprint density at radius 1 is 1.35 bits per heavy atom. The molecule has 1 aliphatic carbocycles. The molecule has 0 bridgehead atoms. The smallest absolute Gasteiger partial charge is 0.122 e. The summed E-state index contributed by atoms with van der Waals surface area (Å²) in [5, 5.41) is 1.36. The average molecular weight is 286 g/mol. The zero-order chi connectivity index (χ0) is 14.5. The van der Waals surface area contributed by atoms with E-state index in [-0.39, 0.29) is 0 Å². The summed E-state index contributed by atoms with van der Waals surface area (Å²) in [6.45, 7) is 8.17. The van der Waals surface area contributed by atoms with Gasteiger partial charge in [0, 0.05) is 10.9 Å². The molecule has 2 heteroatoms. The number of hydrogen-bond acceptors (Lipinski definition) is 1. The maximum atomic E-state index is 5.47. The molecular weight excluding hydrogens is 263 g/mol. The van der Waals surface area contributed by atoms with E-state index in [0.29, 0.717) is 0 Å². The Morgan fingerprint density at radius 2 is 2.15 bits per heavy atom. The molecule has 0 fully saturated rings. The lowest BCUT2D eigenvalue weighted by Crippen LogP contribution is -2.09. The van der Waals surface area contributed by atoms with Crippen molar-refractivity contribution in [3.63, 3.8) is 0 Å². The van der Waals surface area contributed by atoms with Crippen molar-refractivity contribution in [2.24, 2.45) is 0 Å². The topological polar surface area (TPSA) is 9.23 Å². The molecule has 1 aliphatic rings. The van der Waals surface area contributed by atoms with E-state index < -0.39 is 0 Å². The summed E-state index contributed by atoms with van der Waals surface area (Å²) in [4.78, 5) is 0. The summed E-state index contributed by atoms with van der Waals surface area (Å²) in [7, 11) is 2.95. The molecule has 0 atom stereocenters. The van der Waals surface area contributed by atoms with Gasteiger partial charge in [-0.3, -0.25) is 0 Å². The van der Waals surface area contributed by atoms with Crippen LogP contribution in [0.2, 0.25) is 0 Å².